The van der Waals surface area contributed by atoms with Crippen molar-refractivity contribution in [3.8, 4) is 0 Å². The minimum absolute atomic E-state index is 0.0319. The highest BCUT2D eigenvalue weighted by atomic mass is 16.2. The quantitative estimate of drug-likeness (QED) is 0.882. The lowest BCUT2D eigenvalue weighted by Gasteiger charge is -2.29. The van der Waals surface area contributed by atoms with Crippen LogP contribution in [-0.4, -0.2) is 15.9 Å². The molecule has 1 aliphatic rings. The zero-order valence-corrected chi connectivity index (χ0v) is 12.7. The van der Waals surface area contributed by atoms with E-state index in [0.29, 0.717) is 5.92 Å². The number of hydrogen-bond acceptors (Lipinski definition) is 2. The van der Waals surface area contributed by atoms with Gasteiger partial charge in [-0.25, -0.2) is 4.98 Å². The third kappa shape index (κ3) is 2.80. The number of aromatic nitrogens is 2. The molecule has 1 aliphatic carbocycles. The summed E-state index contributed by atoms with van der Waals surface area (Å²) in [6.07, 6.45) is 4.24. The minimum atomic E-state index is -0.0319. The van der Waals surface area contributed by atoms with Crippen molar-refractivity contribution in [3.05, 3.63) is 30.1 Å². The zero-order valence-electron chi connectivity index (χ0n) is 12.7. The Bertz CT molecular complexity index is 597. The number of nitrogens with one attached hydrogen (secondary N) is 2. The zero-order chi connectivity index (χ0) is 14.8. The molecule has 0 bridgehead atoms. The van der Waals surface area contributed by atoms with E-state index in [1.54, 1.807) is 0 Å². The molecule has 1 aromatic carbocycles. The number of carbonyl (C=O) groups is 1. The number of H-pyrrole nitrogens is 1. The lowest BCUT2D eigenvalue weighted by atomic mass is 9.84. The highest BCUT2D eigenvalue weighted by Crippen LogP contribution is 2.29. The molecule has 4 heteroatoms. The first-order valence-electron chi connectivity index (χ1n) is 7.94. The van der Waals surface area contributed by atoms with Gasteiger partial charge >= 0.3 is 0 Å². The van der Waals surface area contributed by atoms with E-state index >= 15 is 0 Å². The fraction of sp³-hybridized carbons (Fsp3) is 0.529. The molecule has 1 saturated carbocycles. The van der Waals surface area contributed by atoms with Crippen molar-refractivity contribution >= 4 is 16.9 Å². The standard InChI is InChI=1S/C17H23N3O/c1-3-11(2)15(20-17(21)12-7-6-8-12)16-18-13-9-4-5-10-14(13)19-16/h4-5,9-12,15H,3,6-8H2,1-2H3,(H,18,19)(H,20,21). The maximum atomic E-state index is 12.3. The minimum Gasteiger partial charge on any atom is -0.346 e. The van der Waals surface area contributed by atoms with Crippen molar-refractivity contribution in [3.63, 3.8) is 0 Å². The summed E-state index contributed by atoms with van der Waals surface area (Å²) < 4.78 is 0. The van der Waals surface area contributed by atoms with Gasteiger partial charge < -0.3 is 10.3 Å². The summed E-state index contributed by atoms with van der Waals surface area (Å²) in [5.41, 5.74) is 1.98. The van der Waals surface area contributed by atoms with Gasteiger partial charge in [-0.05, 0) is 30.9 Å². The van der Waals surface area contributed by atoms with Crippen LogP contribution in [0.2, 0.25) is 0 Å². The topological polar surface area (TPSA) is 57.8 Å². The number of benzene rings is 1. The summed E-state index contributed by atoms with van der Waals surface area (Å²) in [6, 6.07) is 7.97. The van der Waals surface area contributed by atoms with Crippen LogP contribution >= 0.6 is 0 Å². The first-order valence-corrected chi connectivity index (χ1v) is 7.94. The molecule has 2 aromatic rings. The Labute approximate surface area is 125 Å². The van der Waals surface area contributed by atoms with Gasteiger partial charge in [-0.2, -0.15) is 0 Å². The fourth-order valence-electron chi connectivity index (χ4n) is 2.78. The predicted octanol–water partition coefficient (Wildman–Crippen LogP) is 3.57. The maximum absolute atomic E-state index is 12.3. The van der Waals surface area contributed by atoms with Crippen molar-refractivity contribution in [2.45, 2.75) is 45.6 Å². The second kappa shape index (κ2) is 5.88. The average molecular weight is 285 g/mol. The molecule has 2 N–H and O–H groups in total. The molecule has 0 aliphatic heterocycles. The SMILES string of the molecule is CCC(C)C(NC(=O)C1CCC1)c1nc2ccccc2[nH]1. The van der Waals surface area contributed by atoms with Crippen LogP contribution in [0, 0.1) is 11.8 Å². The van der Waals surface area contributed by atoms with E-state index in [0.717, 1.165) is 36.1 Å². The molecule has 1 fully saturated rings. The molecule has 112 valence electrons. The Balaban J connectivity index is 1.85. The van der Waals surface area contributed by atoms with Crippen LogP contribution in [0.4, 0.5) is 0 Å². The Morgan fingerprint density at radius 3 is 2.81 bits per heavy atom. The van der Waals surface area contributed by atoms with Crippen LogP contribution in [0.3, 0.4) is 0 Å². The van der Waals surface area contributed by atoms with E-state index in [1.807, 2.05) is 24.3 Å². The Kier molecular flexibility index (Phi) is 3.95. The second-order valence-electron chi connectivity index (χ2n) is 6.14. The molecule has 1 aromatic heterocycles. The summed E-state index contributed by atoms with van der Waals surface area (Å²) >= 11 is 0. The molecule has 3 rings (SSSR count). The molecule has 2 unspecified atom stereocenters. The molecular weight excluding hydrogens is 262 g/mol. The van der Waals surface area contributed by atoms with Gasteiger partial charge in [0.05, 0.1) is 17.1 Å². The first kappa shape index (κ1) is 14.1. The van der Waals surface area contributed by atoms with E-state index in [4.69, 9.17) is 0 Å². The van der Waals surface area contributed by atoms with Crippen LogP contribution in [0.5, 0.6) is 0 Å². The molecule has 1 amide bonds. The first-order chi connectivity index (χ1) is 10.2. The van der Waals surface area contributed by atoms with Gasteiger partial charge in [0.2, 0.25) is 5.91 Å². The number of fused-ring (bicyclic) bond motifs is 1. The largest absolute Gasteiger partial charge is 0.346 e. The van der Waals surface area contributed by atoms with E-state index in [9.17, 15) is 4.79 Å². The van der Waals surface area contributed by atoms with Crippen molar-refractivity contribution in [2.24, 2.45) is 11.8 Å². The van der Waals surface area contributed by atoms with Crippen LogP contribution < -0.4 is 5.32 Å². The van der Waals surface area contributed by atoms with Gasteiger partial charge in [0, 0.05) is 5.92 Å². The van der Waals surface area contributed by atoms with Crippen LogP contribution in [0.25, 0.3) is 11.0 Å². The molecule has 4 nitrogen and oxygen atoms in total. The van der Waals surface area contributed by atoms with E-state index in [2.05, 4.69) is 29.1 Å². The number of hydrogen-bond donors (Lipinski definition) is 2. The summed E-state index contributed by atoms with van der Waals surface area (Å²) in [5, 5.41) is 3.21. The van der Waals surface area contributed by atoms with E-state index in [-0.39, 0.29) is 17.9 Å². The van der Waals surface area contributed by atoms with Crippen molar-refractivity contribution < 1.29 is 4.79 Å². The van der Waals surface area contributed by atoms with Gasteiger partial charge in [-0.15, -0.1) is 0 Å². The normalized spacial score (nSPS) is 18.2. The number of carbonyl (C=O) groups excluding carboxylic acids is 1. The van der Waals surface area contributed by atoms with Crippen LogP contribution in [0.1, 0.15) is 51.4 Å². The summed E-state index contributed by atoms with van der Waals surface area (Å²) in [7, 11) is 0. The molecule has 0 saturated heterocycles. The summed E-state index contributed by atoms with van der Waals surface area (Å²) in [5.74, 6) is 1.63. The highest BCUT2D eigenvalue weighted by Gasteiger charge is 2.30. The molecular formula is C17H23N3O. The molecule has 1 heterocycles. The number of amides is 1. The van der Waals surface area contributed by atoms with Gasteiger partial charge in [0.1, 0.15) is 5.82 Å². The lowest BCUT2D eigenvalue weighted by molar-refractivity contribution is -0.128. The van der Waals surface area contributed by atoms with Crippen molar-refractivity contribution in [1.82, 2.24) is 15.3 Å². The monoisotopic (exact) mass is 285 g/mol. The van der Waals surface area contributed by atoms with Crippen molar-refractivity contribution in [2.75, 3.05) is 0 Å². The molecule has 0 radical (unpaired) electrons. The molecule has 21 heavy (non-hydrogen) atoms. The van der Waals surface area contributed by atoms with Crippen LogP contribution in [-0.2, 0) is 4.79 Å². The maximum Gasteiger partial charge on any atom is 0.223 e. The lowest BCUT2D eigenvalue weighted by Crippen LogP contribution is -2.39. The van der Waals surface area contributed by atoms with Crippen molar-refractivity contribution in [1.29, 1.82) is 0 Å². The summed E-state index contributed by atoms with van der Waals surface area (Å²) in [6.45, 7) is 4.31. The molecule has 2 atom stereocenters. The average Bonchev–Trinajstić information content (AvgIpc) is 2.85. The Hall–Kier alpha value is -1.84. The third-order valence-corrected chi connectivity index (χ3v) is 4.69. The van der Waals surface area contributed by atoms with Gasteiger partial charge in [0.15, 0.2) is 0 Å². The highest BCUT2D eigenvalue weighted by molar-refractivity contribution is 5.80. The third-order valence-electron chi connectivity index (χ3n) is 4.69. The Morgan fingerprint density at radius 2 is 2.19 bits per heavy atom. The predicted molar refractivity (Wildman–Crippen MR) is 83.8 cm³/mol. The van der Waals surface area contributed by atoms with E-state index in [1.165, 1.54) is 6.42 Å². The van der Waals surface area contributed by atoms with E-state index < -0.39 is 0 Å². The number of para-hydroxylation sites is 2. The number of imidazole rings is 1. The second-order valence-corrected chi connectivity index (χ2v) is 6.14. The number of aromatic amines is 1. The van der Waals surface area contributed by atoms with Gasteiger partial charge in [-0.1, -0.05) is 38.8 Å². The fourth-order valence-corrected chi connectivity index (χ4v) is 2.78. The number of rotatable bonds is 5. The smallest absolute Gasteiger partial charge is 0.223 e. The Morgan fingerprint density at radius 1 is 1.43 bits per heavy atom. The molecule has 0 spiro atoms. The van der Waals surface area contributed by atoms with Gasteiger partial charge in [-0.3, -0.25) is 4.79 Å². The van der Waals surface area contributed by atoms with Gasteiger partial charge in [0.25, 0.3) is 0 Å². The van der Waals surface area contributed by atoms with Crippen LogP contribution in [0.15, 0.2) is 24.3 Å². The summed E-state index contributed by atoms with van der Waals surface area (Å²) in [4.78, 5) is 20.3. The number of nitrogens with zero attached hydrogens (tertiary/aromatic N) is 1.